The predicted octanol–water partition coefficient (Wildman–Crippen LogP) is 2.97. The van der Waals surface area contributed by atoms with Crippen LogP contribution in [0.15, 0.2) is 0 Å². The Morgan fingerprint density at radius 2 is 1.56 bits per heavy atom. The van der Waals surface area contributed by atoms with Crippen molar-refractivity contribution >= 4 is 0 Å². The van der Waals surface area contributed by atoms with Crippen molar-refractivity contribution < 1.29 is 4.74 Å². The van der Waals surface area contributed by atoms with Crippen LogP contribution in [0.4, 0.5) is 0 Å². The summed E-state index contributed by atoms with van der Waals surface area (Å²) in [5.74, 6) is 0. The van der Waals surface area contributed by atoms with Crippen molar-refractivity contribution in [1.82, 2.24) is 5.32 Å². The van der Waals surface area contributed by atoms with Crippen molar-refractivity contribution in [3.8, 4) is 0 Å². The van der Waals surface area contributed by atoms with Crippen LogP contribution in [0, 0.1) is 10.8 Å². The molecule has 1 N–H and O–H groups in total. The van der Waals surface area contributed by atoms with E-state index in [9.17, 15) is 0 Å². The fourth-order valence-corrected chi connectivity index (χ4v) is 4.35. The molecule has 0 amide bonds. The van der Waals surface area contributed by atoms with E-state index in [1.54, 1.807) is 0 Å². The average molecular weight is 225 g/mol. The first-order valence-electron chi connectivity index (χ1n) is 6.62. The largest absolute Gasteiger partial charge is 0.372 e. The monoisotopic (exact) mass is 225 g/mol. The summed E-state index contributed by atoms with van der Waals surface area (Å²) in [7, 11) is 0. The summed E-state index contributed by atoms with van der Waals surface area (Å²) in [5.41, 5.74) is 0.869. The summed E-state index contributed by atoms with van der Waals surface area (Å²) in [6, 6.07) is 0.486. The molecule has 16 heavy (non-hydrogen) atoms. The van der Waals surface area contributed by atoms with Gasteiger partial charge in [0.25, 0.3) is 0 Å². The Balaban J connectivity index is 2.26. The van der Waals surface area contributed by atoms with E-state index in [-0.39, 0.29) is 5.60 Å². The maximum absolute atomic E-state index is 6.23. The van der Waals surface area contributed by atoms with Crippen LogP contribution in [0.25, 0.3) is 0 Å². The number of nitrogens with one attached hydrogen (secondary N) is 1. The minimum Gasteiger partial charge on any atom is -0.372 e. The Morgan fingerprint density at radius 1 is 1.00 bits per heavy atom. The highest BCUT2D eigenvalue weighted by molar-refractivity contribution is 5.04. The predicted molar refractivity (Wildman–Crippen MR) is 67.6 cm³/mol. The fraction of sp³-hybridized carbons (Fsp3) is 1.00. The Hall–Kier alpha value is -0.0800. The van der Waals surface area contributed by atoms with Crippen LogP contribution in [0.1, 0.15) is 53.9 Å². The van der Waals surface area contributed by atoms with E-state index in [4.69, 9.17) is 4.74 Å². The van der Waals surface area contributed by atoms with Crippen LogP contribution < -0.4 is 5.32 Å². The van der Waals surface area contributed by atoms with E-state index in [1.807, 2.05) is 0 Å². The van der Waals surface area contributed by atoms with E-state index < -0.39 is 0 Å². The molecule has 1 aliphatic heterocycles. The molecule has 1 saturated carbocycles. The highest BCUT2D eigenvalue weighted by Crippen LogP contribution is 2.53. The molecule has 1 saturated heterocycles. The lowest BCUT2D eigenvalue weighted by atomic mass is 9.58. The topological polar surface area (TPSA) is 21.3 Å². The summed E-state index contributed by atoms with van der Waals surface area (Å²) >= 11 is 0. The quantitative estimate of drug-likeness (QED) is 0.684. The van der Waals surface area contributed by atoms with Gasteiger partial charge in [0.1, 0.15) is 0 Å². The van der Waals surface area contributed by atoms with Crippen molar-refractivity contribution in [1.29, 1.82) is 0 Å². The highest BCUT2D eigenvalue weighted by atomic mass is 16.5. The van der Waals surface area contributed by atoms with Gasteiger partial charge in [0.2, 0.25) is 0 Å². The smallest absolute Gasteiger partial charge is 0.0842 e. The number of hydrogen-bond acceptors (Lipinski definition) is 2. The van der Waals surface area contributed by atoms with Crippen LogP contribution in [-0.4, -0.2) is 24.8 Å². The molecule has 1 atom stereocenters. The highest BCUT2D eigenvalue weighted by Gasteiger charge is 2.51. The molecule has 1 aliphatic carbocycles. The molecule has 1 heterocycles. The lowest BCUT2D eigenvalue weighted by Crippen LogP contribution is -2.62. The third-order valence-electron chi connectivity index (χ3n) is 4.24. The second-order valence-electron chi connectivity index (χ2n) is 7.45. The molecule has 1 unspecified atom stereocenters. The fourth-order valence-electron chi connectivity index (χ4n) is 4.35. The van der Waals surface area contributed by atoms with Gasteiger partial charge in [0.05, 0.1) is 12.2 Å². The lowest BCUT2D eigenvalue weighted by Gasteiger charge is -2.55. The summed E-state index contributed by atoms with van der Waals surface area (Å²) in [5, 5.41) is 3.59. The maximum Gasteiger partial charge on any atom is 0.0842 e. The van der Waals surface area contributed by atoms with Gasteiger partial charge >= 0.3 is 0 Å². The molecule has 0 aromatic rings. The van der Waals surface area contributed by atoms with Crippen molar-refractivity contribution in [3.63, 3.8) is 0 Å². The first kappa shape index (κ1) is 12.4. The molecule has 0 radical (unpaired) electrons. The Kier molecular flexibility index (Phi) is 2.87. The van der Waals surface area contributed by atoms with Crippen LogP contribution in [0.5, 0.6) is 0 Å². The number of ether oxygens (including phenoxy) is 1. The molecule has 0 aromatic heterocycles. The molecule has 1 spiro atoms. The van der Waals surface area contributed by atoms with Gasteiger partial charge in [-0.15, -0.1) is 0 Å². The van der Waals surface area contributed by atoms with E-state index in [2.05, 4.69) is 39.9 Å². The van der Waals surface area contributed by atoms with E-state index in [1.165, 1.54) is 19.3 Å². The van der Waals surface area contributed by atoms with Gasteiger partial charge in [0.15, 0.2) is 0 Å². The first-order valence-corrected chi connectivity index (χ1v) is 6.62. The number of morpholine rings is 1. The average Bonchev–Trinajstić information content (AvgIpc) is 2.04. The molecule has 2 aliphatic rings. The van der Waals surface area contributed by atoms with Crippen molar-refractivity contribution in [3.05, 3.63) is 0 Å². The van der Waals surface area contributed by atoms with Crippen molar-refractivity contribution in [2.45, 2.75) is 65.5 Å². The van der Waals surface area contributed by atoms with Crippen molar-refractivity contribution in [2.24, 2.45) is 10.8 Å². The van der Waals surface area contributed by atoms with Gasteiger partial charge in [-0.25, -0.2) is 0 Å². The summed E-state index contributed by atoms with van der Waals surface area (Å²) in [6.07, 6.45) is 3.69. The van der Waals surface area contributed by atoms with E-state index >= 15 is 0 Å². The van der Waals surface area contributed by atoms with Crippen LogP contribution in [-0.2, 0) is 4.74 Å². The van der Waals surface area contributed by atoms with Crippen LogP contribution in [0.2, 0.25) is 0 Å². The second kappa shape index (κ2) is 3.71. The lowest BCUT2D eigenvalue weighted by molar-refractivity contribution is -0.163. The number of rotatable bonds is 0. The maximum atomic E-state index is 6.23. The third kappa shape index (κ3) is 2.28. The molecule has 2 fully saturated rings. The minimum absolute atomic E-state index is 0.0729. The Labute approximate surface area is 100 Å². The molecule has 0 bridgehead atoms. The van der Waals surface area contributed by atoms with Gasteiger partial charge in [-0.05, 0) is 37.0 Å². The van der Waals surface area contributed by atoms with Crippen molar-refractivity contribution in [2.75, 3.05) is 13.2 Å². The van der Waals surface area contributed by atoms with E-state index in [0.717, 1.165) is 13.2 Å². The molecule has 2 rings (SSSR count). The Bertz CT molecular complexity index is 254. The number of hydrogen-bond donors (Lipinski definition) is 1. The zero-order valence-corrected chi connectivity index (χ0v) is 11.5. The third-order valence-corrected chi connectivity index (χ3v) is 4.24. The van der Waals surface area contributed by atoms with Gasteiger partial charge in [0, 0.05) is 12.6 Å². The standard InChI is InChI=1S/C14H27NO/c1-11-14(16-7-6-15-11)9-12(2,3)8-13(4,5)10-14/h11,15H,6-10H2,1-5H3. The normalized spacial score (nSPS) is 36.2. The van der Waals surface area contributed by atoms with Crippen LogP contribution >= 0.6 is 0 Å². The second-order valence-corrected chi connectivity index (χ2v) is 7.45. The van der Waals surface area contributed by atoms with E-state index in [0.29, 0.717) is 16.9 Å². The summed E-state index contributed by atoms with van der Waals surface area (Å²) in [6.45, 7) is 13.7. The molecule has 0 aromatic carbocycles. The molecular weight excluding hydrogens is 198 g/mol. The molecule has 2 heteroatoms. The molecule has 2 nitrogen and oxygen atoms in total. The molecular formula is C14H27NO. The Morgan fingerprint density at radius 3 is 2.06 bits per heavy atom. The zero-order valence-electron chi connectivity index (χ0n) is 11.5. The summed E-state index contributed by atoms with van der Waals surface area (Å²) in [4.78, 5) is 0. The van der Waals surface area contributed by atoms with Gasteiger partial charge in [-0.1, -0.05) is 27.7 Å². The summed E-state index contributed by atoms with van der Waals surface area (Å²) < 4.78 is 6.23. The zero-order chi connectivity index (χ0) is 12.0. The molecule has 94 valence electrons. The first-order chi connectivity index (χ1) is 7.25. The van der Waals surface area contributed by atoms with Gasteiger partial charge in [-0.2, -0.15) is 0 Å². The van der Waals surface area contributed by atoms with Gasteiger partial charge in [-0.3, -0.25) is 0 Å². The van der Waals surface area contributed by atoms with Crippen LogP contribution in [0.3, 0.4) is 0 Å². The minimum atomic E-state index is 0.0729. The SMILES string of the molecule is CC1NCCOC12CC(C)(C)CC(C)(C)C2. The van der Waals surface area contributed by atoms with Gasteiger partial charge < -0.3 is 10.1 Å².